The van der Waals surface area contributed by atoms with E-state index >= 15 is 0 Å². The second-order valence-electron chi connectivity index (χ2n) is 8.77. The van der Waals surface area contributed by atoms with Crippen LogP contribution < -0.4 is 10.2 Å². The number of fused-ring (bicyclic) bond motifs is 1. The highest BCUT2D eigenvalue weighted by Crippen LogP contribution is 2.32. The van der Waals surface area contributed by atoms with E-state index in [1.54, 1.807) is 6.33 Å². The van der Waals surface area contributed by atoms with Gasteiger partial charge in [-0.05, 0) is 24.6 Å². The molecule has 5 aromatic rings. The molecule has 7 nitrogen and oxygen atoms in total. The lowest BCUT2D eigenvalue weighted by Crippen LogP contribution is -2.52. The first-order valence-corrected chi connectivity index (χ1v) is 11.6. The summed E-state index contributed by atoms with van der Waals surface area (Å²) in [5.74, 6) is 1.38. The number of pyridine rings is 1. The number of anilines is 2. The number of nitrogens with zero attached hydrogens (tertiary/aromatic N) is 5. The topological polar surface area (TPSA) is 75.4 Å². The van der Waals surface area contributed by atoms with Crippen LogP contribution in [0.3, 0.4) is 0 Å². The van der Waals surface area contributed by atoms with Crippen LogP contribution in [-0.2, 0) is 4.79 Å². The van der Waals surface area contributed by atoms with Crippen molar-refractivity contribution >= 4 is 23.2 Å². The van der Waals surface area contributed by atoms with Crippen molar-refractivity contribution < 1.29 is 4.79 Å². The Morgan fingerprint density at radius 2 is 1.71 bits per heavy atom. The van der Waals surface area contributed by atoms with Gasteiger partial charge in [-0.15, -0.1) is 0 Å². The summed E-state index contributed by atoms with van der Waals surface area (Å²) in [6.45, 7) is 3.27. The monoisotopic (exact) mass is 460 g/mol. The second kappa shape index (κ2) is 8.68. The van der Waals surface area contributed by atoms with E-state index in [4.69, 9.17) is 4.98 Å². The molecule has 172 valence electrons. The summed E-state index contributed by atoms with van der Waals surface area (Å²) in [4.78, 5) is 29.0. The number of aryl methyl sites for hydroxylation is 1. The lowest BCUT2D eigenvalue weighted by atomic mass is 9.98. The average molecular weight is 461 g/mol. The van der Waals surface area contributed by atoms with Crippen LogP contribution in [-0.4, -0.2) is 38.3 Å². The van der Waals surface area contributed by atoms with Gasteiger partial charge in [0.2, 0.25) is 5.91 Å². The van der Waals surface area contributed by atoms with Gasteiger partial charge in [0.25, 0.3) is 0 Å². The molecule has 1 fully saturated rings. The molecule has 1 amide bonds. The Balaban J connectivity index is 1.22. The van der Waals surface area contributed by atoms with Crippen LogP contribution in [0.2, 0.25) is 0 Å². The predicted molar refractivity (Wildman–Crippen MR) is 137 cm³/mol. The van der Waals surface area contributed by atoms with Gasteiger partial charge in [0.1, 0.15) is 29.3 Å². The molecule has 0 bridgehead atoms. The van der Waals surface area contributed by atoms with Crippen molar-refractivity contribution in [3.63, 3.8) is 0 Å². The molecule has 0 saturated carbocycles. The fraction of sp³-hybridized carbons (Fsp3) is 0.143. The standard InChI is InChI=1S/C28H24N6O/c1-19-9-5-6-12-22(19)26-27(34-14-8-7-13-24(34)31-26)32-28(35)21-16-33(17-21)25-15-23(29-18-30-25)20-10-3-2-4-11-20/h2-15,18,21H,16-17H2,1H3,(H,32,35). The molecule has 2 aromatic carbocycles. The third kappa shape index (κ3) is 3.91. The molecule has 0 radical (unpaired) electrons. The summed E-state index contributed by atoms with van der Waals surface area (Å²) in [7, 11) is 0. The zero-order valence-electron chi connectivity index (χ0n) is 19.3. The Morgan fingerprint density at radius 3 is 2.54 bits per heavy atom. The molecule has 35 heavy (non-hydrogen) atoms. The predicted octanol–water partition coefficient (Wildman–Crippen LogP) is 4.84. The Kier molecular flexibility index (Phi) is 5.22. The van der Waals surface area contributed by atoms with E-state index in [1.807, 2.05) is 83.4 Å². The maximum atomic E-state index is 13.3. The molecule has 1 N–H and O–H groups in total. The van der Waals surface area contributed by atoms with Gasteiger partial charge in [-0.3, -0.25) is 9.20 Å². The van der Waals surface area contributed by atoms with Crippen LogP contribution in [0.25, 0.3) is 28.2 Å². The highest BCUT2D eigenvalue weighted by Gasteiger charge is 2.34. The fourth-order valence-corrected chi connectivity index (χ4v) is 4.48. The molecule has 4 heterocycles. The van der Waals surface area contributed by atoms with Crippen molar-refractivity contribution in [1.82, 2.24) is 19.4 Å². The molecule has 7 heteroatoms. The minimum atomic E-state index is -0.135. The van der Waals surface area contributed by atoms with Gasteiger partial charge in [-0.1, -0.05) is 60.7 Å². The summed E-state index contributed by atoms with van der Waals surface area (Å²) in [6.07, 6.45) is 3.51. The van der Waals surface area contributed by atoms with Crippen LogP contribution in [0, 0.1) is 12.8 Å². The normalized spacial score (nSPS) is 13.6. The number of rotatable bonds is 5. The maximum Gasteiger partial charge on any atom is 0.232 e. The Bertz CT molecular complexity index is 1520. The second-order valence-corrected chi connectivity index (χ2v) is 8.77. The highest BCUT2D eigenvalue weighted by molar-refractivity contribution is 5.97. The number of benzene rings is 2. The Morgan fingerprint density at radius 1 is 0.943 bits per heavy atom. The third-order valence-corrected chi connectivity index (χ3v) is 6.47. The van der Waals surface area contributed by atoms with Crippen LogP contribution >= 0.6 is 0 Å². The van der Waals surface area contributed by atoms with Gasteiger partial charge in [-0.2, -0.15) is 0 Å². The molecule has 1 saturated heterocycles. The molecule has 6 rings (SSSR count). The van der Waals surface area contributed by atoms with E-state index < -0.39 is 0 Å². The Hall–Kier alpha value is -4.52. The largest absolute Gasteiger partial charge is 0.355 e. The van der Waals surface area contributed by atoms with Crippen molar-refractivity contribution in [1.29, 1.82) is 0 Å². The van der Waals surface area contributed by atoms with E-state index in [0.717, 1.165) is 39.5 Å². The zero-order chi connectivity index (χ0) is 23.8. The third-order valence-electron chi connectivity index (χ3n) is 6.47. The quantitative estimate of drug-likeness (QED) is 0.406. The Labute approximate surface area is 203 Å². The van der Waals surface area contributed by atoms with E-state index in [-0.39, 0.29) is 11.8 Å². The van der Waals surface area contributed by atoms with Gasteiger partial charge in [0.15, 0.2) is 0 Å². The molecule has 0 spiro atoms. The van der Waals surface area contributed by atoms with Crippen molar-refractivity contribution in [2.24, 2.45) is 5.92 Å². The van der Waals surface area contributed by atoms with Crippen LogP contribution in [0.5, 0.6) is 0 Å². The molecule has 0 unspecified atom stereocenters. The molecular formula is C28H24N6O. The van der Waals surface area contributed by atoms with Crippen molar-refractivity contribution in [3.8, 4) is 22.5 Å². The SMILES string of the molecule is Cc1ccccc1-c1nc2ccccn2c1NC(=O)C1CN(c2cc(-c3ccccc3)ncn2)C1. The highest BCUT2D eigenvalue weighted by atomic mass is 16.2. The van der Waals surface area contributed by atoms with E-state index in [0.29, 0.717) is 18.9 Å². The minimum absolute atomic E-state index is 0.0147. The van der Waals surface area contributed by atoms with Crippen LogP contribution in [0.4, 0.5) is 11.6 Å². The first-order chi connectivity index (χ1) is 17.2. The first-order valence-electron chi connectivity index (χ1n) is 11.6. The van der Waals surface area contributed by atoms with Gasteiger partial charge < -0.3 is 10.2 Å². The average Bonchev–Trinajstić information content (AvgIpc) is 3.22. The number of carbonyl (C=O) groups excluding carboxylic acids is 1. The maximum absolute atomic E-state index is 13.3. The molecule has 1 aliphatic rings. The molecule has 0 atom stereocenters. The number of hydrogen-bond acceptors (Lipinski definition) is 5. The number of carbonyl (C=O) groups is 1. The van der Waals surface area contributed by atoms with Crippen molar-refractivity contribution in [2.75, 3.05) is 23.3 Å². The van der Waals surface area contributed by atoms with Crippen molar-refractivity contribution in [2.45, 2.75) is 6.92 Å². The molecule has 0 aliphatic carbocycles. The first kappa shape index (κ1) is 21.0. The lowest BCUT2D eigenvalue weighted by Gasteiger charge is -2.39. The number of amides is 1. The molecular weight excluding hydrogens is 436 g/mol. The number of aromatic nitrogens is 4. The number of hydrogen-bond donors (Lipinski definition) is 1. The van der Waals surface area contributed by atoms with Gasteiger partial charge >= 0.3 is 0 Å². The lowest BCUT2D eigenvalue weighted by molar-refractivity contribution is -0.120. The summed E-state index contributed by atoms with van der Waals surface area (Å²) >= 11 is 0. The van der Waals surface area contributed by atoms with Gasteiger partial charge in [-0.25, -0.2) is 15.0 Å². The van der Waals surface area contributed by atoms with Crippen LogP contribution in [0.1, 0.15) is 5.56 Å². The zero-order valence-corrected chi connectivity index (χ0v) is 19.3. The molecule has 3 aromatic heterocycles. The smallest absolute Gasteiger partial charge is 0.232 e. The fourth-order valence-electron chi connectivity index (χ4n) is 4.48. The minimum Gasteiger partial charge on any atom is -0.355 e. The van der Waals surface area contributed by atoms with Gasteiger partial charge in [0, 0.05) is 36.5 Å². The van der Waals surface area contributed by atoms with Crippen LogP contribution in [0.15, 0.2) is 91.4 Å². The number of imidazole rings is 1. The van der Waals surface area contributed by atoms with E-state index in [2.05, 4.69) is 33.2 Å². The summed E-state index contributed by atoms with van der Waals surface area (Å²) in [6, 6.07) is 25.9. The van der Waals surface area contributed by atoms with Crippen molar-refractivity contribution in [3.05, 3.63) is 97.0 Å². The van der Waals surface area contributed by atoms with E-state index in [9.17, 15) is 4.79 Å². The summed E-state index contributed by atoms with van der Waals surface area (Å²) < 4.78 is 1.94. The summed E-state index contributed by atoms with van der Waals surface area (Å²) in [5, 5.41) is 3.17. The van der Waals surface area contributed by atoms with E-state index in [1.165, 1.54) is 0 Å². The van der Waals surface area contributed by atoms with Gasteiger partial charge in [0.05, 0.1) is 11.6 Å². The summed E-state index contributed by atoms with van der Waals surface area (Å²) in [5.41, 5.74) is 5.61. The molecule has 1 aliphatic heterocycles. The number of nitrogens with one attached hydrogen (secondary N) is 1.